The van der Waals surface area contributed by atoms with E-state index in [9.17, 15) is 5.11 Å². The molecule has 0 saturated heterocycles. The van der Waals surface area contributed by atoms with Gasteiger partial charge in [-0.2, -0.15) is 0 Å². The van der Waals surface area contributed by atoms with Gasteiger partial charge in [-0.1, -0.05) is 0 Å². The first-order valence-corrected chi connectivity index (χ1v) is 11.6. The van der Waals surface area contributed by atoms with Gasteiger partial charge in [-0.05, 0) is 0 Å². The van der Waals surface area contributed by atoms with E-state index >= 15 is 0 Å². The Morgan fingerprint density at radius 1 is 1.20 bits per heavy atom. The van der Waals surface area contributed by atoms with Crippen LogP contribution in [0.2, 0.25) is 10.6 Å². The fraction of sp³-hybridized carbons (Fsp3) is 0.667. The summed E-state index contributed by atoms with van der Waals surface area (Å²) in [5.74, 6) is 3.20. The fourth-order valence-electron chi connectivity index (χ4n) is 4.68. The molecule has 2 aliphatic carbocycles. The average Bonchev–Trinajstić information content (AvgIpc) is 2.72. The molecule has 1 aromatic carbocycles. The van der Waals surface area contributed by atoms with Crippen molar-refractivity contribution in [2.75, 3.05) is 0 Å². The molecule has 5 unspecified atom stereocenters. The number of aliphatic hydroxyl groups is 1. The molecule has 20 heavy (non-hydrogen) atoms. The maximum atomic E-state index is 11.0. The van der Waals surface area contributed by atoms with E-state index in [4.69, 9.17) is 0 Å². The second kappa shape index (κ2) is 4.87. The Balaban J connectivity index is 1.82. The third-order valence-electron chi connectivity index (χ3n) is 6.44. The Bertz CT molecular complexity index is 483. The zero-order valence-corrected chi connectivity index (χ0v) is 14.8. The van der Waals surface area contributed by atoms with Gasteiger partial charge in [0, 0.05) is 0 Å². The number of benzene rings is 1. The SMILES string of the molecule is C[Se+](Cc1ccccc1)C1C2CCC(C)(C1O)C2(C)C. The number of hydrogen-bond donors (Lipinski definition) is 1. The van der Waals surface area contributed by atoms with E-state index in [1.54, 1.807) is 0 Å². The summed E-state index contributed by atoms with van der Waals surface area (Å²) in [4.78, 5) is 0.587. The Labute approximate surface area is 127 Å². The Kier molecular flexibility index (Phi) is 3.56. The van der Waals surface area contributed by atoms with Gasteiger partial charge in [0.1, 0.15) is 0 Å². The summed E-state index contributed by atoms with van der Waals surface area (Å²) < 4.78 is 0. The van der Waals surface area contributed by atoms with Crippen LogP contribution in [0.5, 0.6) is 0 Å². The van der Waals surface area contributed by atoms with Crippen molar-refractivity contribution < 1.29 is 5.11 Å². The van der Waals surface area contributed by atoms with Crippen molar-refractivity contribution >= 4 is 13.9 Å². The predicted octanol–water partition coefficient (Wildman–Crippen LogP) is 4.08. The van der Waals surface area contributed by atoms with Crippen molar-refractivity contribution in [1.82, 2.24) is 0 Å². The zero-order chi connectivity index (χ0) is 14.5. The van der Waals surface area contributed by atoms with E-state index in [0.717, 1.165) is 5.92 Å². The first-order chi connectivity index (χ1) is 9.38. The number of fused-ring (bicyclic) bond motifs is 2. The quantitative estimate of drug-likeness (QED) is 0.824. The van der Waals surface area contributed by atoms with Gasteiger partial charge in [-0.25, -0.2) is 0 Å². The molecule has 0 heterocycles. The molecule has 0 amide bonds. The van der Waals surface area contributed by atoms with Gasteiger partial charge in [-0.3, -0.25) is 0 Å². The average molecular weight is 338 g/mol. The van der Waals surface area contributed by atoms with Gasteiger partial charge in [0.25, 0.3) is 0 Å². The molecule has 1 N–H and O–H groups in total. The summed E-state index contributed by atoms with van der Waals surface area (Å²) in [6.07, 6.45) is 2.47. The van der Waals surface area contributed by atoms with E-state index in [2.05, 4.69) is 56.9 Å². The number of hydrogen-bond acceptors (Lipinski definition) is 1. The molecule has 3 rings (SSSR count). The minimum atomic E-state index is -0.809. The van der Waals surface area contributed by atoms with E-state index in [0.29, 0.717) is 10.2 Å². The van der Waals surface area contributed by atoms with E-state index < -0.39 is 13.9 Å². The second-order valence-electron chi connectivity index (χ2n) is 7.51. The molecule has 1 aromatic rings. The monoisotopic (exact) mass is 339 g/mol. The summed E-state index contributed by atoms with van der Waals surface area (Å²) in [6, 6.07) is 10.8. The number of aliphatic hydroxyl groups excluding tert-OH is 1. The summed E-state index contributed by atoms with van der Waals surface area (Å²) >= 11 is -0.809. The van der Waals surface area contributed by atoms with Crippen molar-refractivity contribution in [2.24, 2.45) is 16.7 Å². The molecule has 2 bridgehead atoms. The van der Waals surface area contributed by atoms with Crippen LogP contribution in [-0.2, 0) is 5.32 Å². The first-order valence-electron chi connectivity index (χ1n) is 7.71. The van der Waals surface area contributed by atoms with Crippen LogP contribution in [0.4, 0.5) is 0 Å². The summed E-state index contributed by atoms with van der Waals surface area (Å²) in [5.41, 5.74) is 1.92. The van der Waals surface area contributed by atoms with Crippen LogP contribution in [0.3, 0.4) is 0 Å². The first kappa shape index (κ1) is 14.6. The van der Waals surface area contributed by atoms with Crippen molar-refractivity contribution in [3.63, 3.8) is 0 Å². The van der Waals surface area contributed by atoms with Crippen molar-refractivity contribution in [3.05, 3.63) is 35.9 Å². The second-order valence-corrected chi connectivity index (χ2v) is 12.2. The molecule has 2 saturated carbocycles. The molecule has 1 nitrogen and oxygen atoms in total. The van der Waals surface area contributed by atoms with Gasteiger partial charge < -0.3 is 0 Å². The zero-order valence-electron chi connectivity index (χ0n) is 13.1. The molecule has 0 radical (unpaired) electrons. The Hall–Kier alpha value is -0.301. The molecule has 0 aromatic heterocycles. The molecule has 0 spiro atoms. The molecule has 0 aliphatic heterocycles. The van der Waals surface area contributed by atoms with Crippen molar-refractivity contribution in [1.29, 1.82) is 0 Å². The third-order valence-corrected chi connectivity index (χ3v) is 11.3. The number of rotatable bonds is 3. The molecule has 2 fully saturated rings. The van der Waals surface area contributed by atoms with Gasteiger partial charge >= 0.3 is 127 Å². The van der Waals surface area contributed by atoms with E-state index in [1.807, 2.05) is 0 Å². The molecule has 2 heteroatoms. The van der Waals surface area contributed by atoms with Crippen molar-refractivity contribution in [3.8, 4) is 0 Å². The molecule has 110 valence electrons. The van der Waals surface area contributed by atoms with Crippen LogP contribution in [0.15, 0.2) is 30.3 Å². The maximum absolute atomic E-state index is 11.0. The predicted molar refractivity (Wildman–Crippen MR) is 86.1 cm³/mol. The van der Waals surface area contributed by atoms with Crippen LogP contribution in [0, 0.1) is 16.7 Å². The van der Waals surface area contributed by atoms with E-state index in [-0.39, 0.29) is 11.5 Å². The van der Waals surface area contributed by atoms with Gasteiger partial charge in [-0.15, -0.1) is 0 Å². The summed E-state index contributed by atoms with van der Waals surface area (Å²) in [6.45, 7) is 7.13. The van der Waals surface area contributed by atoms with Crippen LogP contribution < -0.4 is 0 Å². The standard InChI is InChI=1S/C18H27OSe/c1-17(2)14-10-11-18(17,3)16(19)15(14)20(4)12-13-8-6-5-7-9-13/h5-9,14-16,19H,10-12H2,1-4H3/q+1. The molecular weight excluding hydrogens is 311 g/mol. The van der Waals surface area contributed by atoms with Crippen LogP contribution in [0.25, 0.3) is 0 Å². The van der Waals surface area contributed by atoms with E-state index in [1.165, 1.54) is 23.7 Å². The topological polar surface area (TPSA) is 20.2 Å². The fourth-order valence-corrected chi connectivity index (χ4v) is 10.3. The Morgan fingerprint density at radius 2 is 1.85 bits per heavy atom. The van der Waals surface area contributed by atoms with Gasteiger partial charge in [0.15, 0.2) is 0 Å². The van der Waals surface area contributed by atoms with Crippen LogP contribution >= 0.6 is 0 Å². The van der Waals surface area contributed by atoms with Gasteiger partial charge in [0.2, 0.25) is 0 Å². The molecule has 5 atom stereocenters. The van der Waals surface area contributed by atoms with Crippen LogP contribution in [-0.4, -0.2) is 25.1 Å². The molecule has 2 aliphatic rings. The third kappa shape index (κ3) is 1.92. The molecular formula is C18H27OSe+. The normalized spacial score (nSPS) is 40.0. The van der Waals surface area contributed by atoms with Crippen molar-refractivity contribution in [2.45, 2.75) is 55.7 Å². The summed E-state index contributed by atoms with van der Waals surface area (Å²) in [7, 11) is 0. The minimum absolute atomic E-state index is 0.0741. The van der Waals surface area contributed by atoms with Gasteiger partial charge in [0.05, 0.1) is 0 Å². The van der Waals surface area contributed by atoms with Crippen LogP contribution in [0.1, 0.15) is 39.2 Å². The summed E-state index contributed by atoms with van der Waals surface area (Å²) in [5, 5.41) is 12.2. The Morgan fingerprint density at radius 3 is 2.40 bits per heavy atom.